The van der Waals surface area contributed by atoms with Gasteiger partial charge in [-0.15, -0.1) is 11.3 Å². The number of amides is 1. The van der Waals surface area contributed by atoms with Crippen molar-refractivity contribution in [2.45, 2.75) is 26.2 Å². The van der Waals surface area contributed by atoms with Gasteiger partial charge in [-0.3, -0.25) is 4.79 Å². The second-order valence-corrected chi connectivity index (χ2v) is 7.89. The van der Waals surface area contributed by atoms with Gasteiger partial charge in [-0.1, -0.05) is 42.5 Å². The number of nitrogens with one attached hydrogen (secondary N) is 1. The van der Waals surface area contributed by atoms with Gasteiger partial charge in [0.15, 0.2) is 0 Å². The Labute approximate surface area is 180 Å². The predicted octanol–water partition coefficient (Wildman–Crippen LogP) is 5.48. The third kappa shape index (κ3) is 5.07. The van der Waals surface area contributed by atoms with E-state index >= 15 is 0 Å². The van der Waals surface area contributed by atoms with Gasteiger partial charge in [0.25, 0.3) is 0 Å². The molecule has 5 nitrogen and oxygen atoms in total. The van der Waals surface area contributed by atoms with Crippen molar-refractivity contribution in [3.05, 3.63) is 71.3 Å². The third-order valence-corrected chi connectivity index (χ3v) is 6.11. The van der Waals surface area contributed by atoms with Crippen LogP contribution in [0, 0.1) is 6.92 Å². The number of esters is 1. The van der Waals surface area contributed by atoms with Crippen molar-refractivity contribution in [3.8, 4) is 16.2 Å². The molecule has 0 aliphatic carbocycles. The number of methoxy groups -OCH3 is 2. The maximum Gasteiger partial charge on any atom is 0.341 e. The molecule has 156 valence electrons. The first kappa shape index (κ1) is 21.6. The molecule has 1 N–H and O–H groups in total. The molecule has 0 fully saturated rings. The molecule has 0 saturated carbocycles. The fraction of sp³-hybridized carbons (Fsp3) is 0.250. The molecule has 0 aliphatic rings. The normalized spacial score (nSPS) is 10.5. The van der Waals surface area contributed by atoms with Gasteiger partial charge in [0.2, 0.25) is 5.91 Å². The second kappa shape index (κ2) is 10.1. The number of carbonyl (C=O) groups excluding carboxylic acids is 2. The van der Waals surface area contributed by atoms with Crippen LogP contribution in [0.2, 0.25) is 0 Å². The monoisotopic (exact) mass is 423 g/mol. The molecule has 0 atom stereocenters. The molecule has 0 saturated heterocycles. The van der Waals surface area contributed by atoms with Gasteiger partial charge >= 0.3 is 5.97 Å². The van der Waals surface area contributed by atoms with Crippen molar-refractivity contribution < 1.29 is 19.1 Å². The van der Waals surface area contributed by atoms with E-state index in [1.165, 1.54) is 18.4 Å². The summed E-state index contributed by atoms with van der Waals surface area (Å²) in [6.45, 7) is 1.88. The lowest BCUT2D eigenvalue weighted by molar-refractivity contribution is -0.116. The first-order valence-corrected chi connectivity index (χ1v) is 10.5. The lowest BCUT2D eigenvalue weighted by Gasteiger charge is -2.07. The van der Waals surface area contributed by atoms with Gasteiger partial charge < -0.3 is 14.8 Å². The summed E-state index contributed by atoms with van der Waals surface area (Å²) in [5.74, 6) is 0.253. The smallest absolute Gasteiger partial charge is 0.341 e. The van der Waals surface area contributed by atoms with Crippen LogP contribution in [0.4, 0.5) is 5.00 Å². The molecule has 1 aromatic heterocycles. The molecule has 1 heterocycles. The number of ether oxygens (including phenoxy) is 2. The number of rotatable bonds is 8. The van der Waals surface area contributed by atoms with Crippen LogP contribution in [0.5, 0.6) is 5.75 Å². The summed E-state index contributed by atoms with van der Waals surface area (Å²) < 4.78 is 10.1. The Morgan fingerprint density at radius 3 is 2.33 bits per heavy atom. The second-order valence-electron chi connectivity index (χ2n) is 6.87. The van der Waals surface area contributed by atoms with Crippen molar-refractivity contribution in [2.24, 2.45) is 0 Å². The van der Waals surface area contributed by atoms with E-state index < -0.39 is 5.97 Å². The predicted molar refractivity (Wildman–Crippen MR) is 120 cm³/mol. The summed E-state index contributed by atoms with van der Waals surface area (Å²) in [6.07, 6.45) is 1.87. The fourth-order valence-electron chi connectivity index (χ4n) is 3.25. The van der Waals surface area contributed by atoms with Crippen LogP contribution < -0.4 is 10.1 Å². The highest BCUT2D eigenvalue weighted by atomic mass is 32.1. The molecule has 6 heteroatoms. The molecular formula is C24H25NO4S. The summed E-state index contributed by atoms with van der Waals surface area (Å²) in [6, 6.07) is 17.6. The zero-order valence-corrected chi connectivity index (χ0v) is 18.2. The standard InChI is InChI=1S/C24H25NO4S/c1-16-21(24(27)29-3)23(30-22(16)18-9-5-4-6-10-18)25-20(26)11-7-8-17-12-14-19(28-2)15-13-17/h4-6,9-10,12-15H,7-8,11H2,1-3H3,(H,25,26). The summed E-state index contributed by atoms with van der Waals surface area (Å²) in [4.78, 5) is 25.9. The van der Waals surface area contributed by atoms with Gasteiger partial charge in [-0.2, -0.15) is 0 Å². The van der Waals surface area contributed by atoms with Crippen LogP contribution in [-0.2, 0) is 16.0 Å². The van der Waals surface area contributed by atoms with Crippen LogP contribution in [0.1, 0.15) is 34.3 Å². The minimum atomic E-state index is -0.445. The van der Waals surface area contributed by atoms with E-state index in [0.29, 0.717) is 23.4 Å². The fourth-order valence-corrected chi connectivity index (χ4v) is 4.47. The minimum absolute atomic E-state index is 0.116. The zero-order chi connectivity index (χ0) is 21.5. The van der Waals surface area contributed by atoms with Crippen molar-refractivity contribution in [1.29, 1.82) is 0 Å². The van der Waals surface area contributed by atoms with E-state index in [2.05, 4.69) is 5.32 Å². The summed E-state index contributed by atoms with van der Waals surface area (Å²) >= 11 is 1.40. The Morgan fingerprint density at radius 2 is 1.70 bits per heavy atom. The number of thiophene rings is 1. The Bertz CT molecular complexity index is 1010. The maximum absolute atomic E-state index is 12.5. The molecule has 0 bridgehead atoms. The van der Waals surface area contributed by atoms with Crippen molar-refractivity contribution in [1.82, 2.24) is 0 Å². The Hall–Kier alpha value is -3.12. The molecule has 3 rings (SSSR count). The number of hydrogen-bond donors (Lipinski definition) is 1. The van der Waals surface area contributed by atoms with E-state index in [1.54, 1.807) is 7.11 Å². The van der Waals surface area contributed by atoms with Gasteiger partial charge in [-0.05, 0) is 48.6 Å². The molecule has 2 aromatic carbocycles. The maximum atomic E-state index is 12.5. The van der Waals surface area contributed by atoms with Crippen molar-refractivity contribution in [3.63, 3.8) is 0 Å². The van der Waals surface area contributed by atoms with E-state index in [1.807, 2.05) is 61.5 Å². The van der Waals surface area contributed by atoms with Crippen LogP contribution in [0.15, 0.2) is 54.6 Å². The molecule has 1 amide bonds. The molecule has 0 spiro atoms. The Balaban J connectivity index is 1.69. The highest BCUT2D eigenvalue weighted by molar-refractivity contribution is 7.20. The van der Waals surface area contributed by atoms with E-state index in [0.717, 1.165) is 33.7 Å². The summed E-state index contributed by atoms with van der Waals surface area (Å²) in [5, 5.41) is 3.45. The van der Waals surface area contributed by atoms with Gasteiger partial charge in [0.05, 0.1) is 19.8 Å². The third-order valence-electron chi connectivity index (χ3n) is 4.85. The number of anilines is 1. The molecular weight excluding hydrogens is 398 g/mol. The van der Waals surface area contributed by atoms with Gasteiger partial charge in [-0.25, -0.2) is 4.79 Å². The zero-order valence-electron chi connectivity index (χ0n) is 17.4. The van der Waals surface area contributed by atoms with E-state index in [4.69, 9.17) is 9.47 Å². The lowest BCUT2D eigenvalue weighted by Crippen LogP contribution is -2.14. The molecule has 0 radical (unpaired) electrons. The Kier molecular flexibility index (Phi) is 7.25. The van der Waals surface area contributed by atoms with Crippen LogP contribution in [0.25, 0.3) is 10.4 Å². The Morgan fingerprint density at radius 1 is 1.00 bits per heavy atom. The van der Waals surface area contributed by atoms with Gasteiger partial charge in [0.1, 0.15) is 10.8 Å². The first-order valence-electron chi connectivity index (χ1n) is 9.73. The summed E-state index contributed by atoms with van der Waals surface area (Å²) in [7, 11) is 2.99. The number of carbonyl (C=O) groups is 2. The number of hydrogen-bond acceptors (Lipinski definition) is 5. The summed E-state index contributed by atoms with van der Waals surface area (Å²) in [5.41, 5.74) is 3.39. The molecule has 3 aromatic rings. The van der Waals surface area contributed by atoms with Crippen LogP contribution in [0.3, 0.4) is 0 Å². The van der Waals surface area contributed by atoms with E-state index in [9.17, 15) is 9.59 Å². The topological polar surface area (TPSA) is 64.6 Å². The number of aryl methyl sites for hydroxylation is 1. The SMILES string of the molecule is COC(=O)c1c(NC(=O)CCCc2ccc(OC)cc2)sc(-c2ccccc2)c1C. The molecule has 30 heavy (non-hydrogen) atoms. The minimum Gasteiger partial charge on any atom is -0.497 e. The molecule has 0 unspecified atom stereocenters. The van der Waals surface area contributed by atoms with Crippen molar-refractivity contribution in [2.75, 3.05) is 19.5 Å². The largest absolute Gasteiger partial charge is 0.497 e. The van der Waals surface area contributed by atoms with Crippen LogP contribution >= 0.6 is 11.3 Å². The van der Waals surface area contributed by atoms with E-state index in [-0.39, 0.29) is 5.91 Å². The van der Waals surface area contributed by atoms with Crippen molar-refractivity contribution >= 4 is 28.2 Å². The van der Waals surface area contributed by atoms with Crippen LogP contribution in [-0.4, -0.2) is 26.1 Å². The quantitative estimate of drug-likeness (QED) is 0.487. The highest BCUT2D eigenvalue weighted by Crippen LogP contribution is 2.40. The lowest BCUT2D eigenvalue weighted by atomic mass is 10.1. The average molecular weight is 424 g/mol. The highest BCUT2D eigenvalue weighted by Gasteiger charge is 2.23. The van der Waals surface area contributed by atoms with Gasteiger partial charge in [0, 0.05) is 11.3 Å². The first-order chi connectivity index (χ1) is 14.5. The average Bonchev–Trinajstić information content (AvgIpc) is 3.09. The molecule has 0 aliphatic heterocycles. The number of benzene rings is 2.